The first-order valence-electron chi connectivity index (χ1n) is 6.24. The molecular formula is C14H10F3N3O2. The SMILES string of the molecule is NC(=O)Cc1cn2cc(-c3ccoc3)cc(C(F)(F)F)c2n1. The molecule has 0 unspecified atom stereocenters. The van der Waals surface area contributed by atoms with E-state index in [1.807, 2.05) is 0 Å². The number of alkyl halides is 3. The summed E-state index contributed by atoms with van der Waals surface area (Å²) in [7, 11) is 0. The fourth-order valence-electron chi connectivity index (χ4n) is 2.21. The molecule has 0 fully saturated rings. The first kappa shape index (κ1) is 14.2. The van der Waals surface area contributed by atoms with Crippen molar-refractivity contribution >= 4 is 11.6 Å². The van der Waals surface area contributed by atoms with Crippen molar-refractivity contribution in [2.45, 2.75) is 12.6 Å². The van der Waals surface area contributed by atoms with Crippen LogP contribution < -0.4 is 5.73 Å². The van der Waals surface area contributed by atoms with Crippen molar-refractivity contribution in [3.8, 4) is 11.1 Å². The predicted molar refractivity (Wildman–Crippen MR) is 70.8 cm³/mol. The van der Waals surface area contributed by atoms with Gasteiger partial charge in [0, 0.05) is 23.5 Å². The summed E-state index contributed by atoms with van der Waals surface area (Å²) in [5, 5.41) is 0. The zero-order valence-electron chi connectivity index (χ0n) is 11.1. The van der Waals surface area contributed by atoms with Crippen LogP contribution in [0.25, 0.3) is 16.8 Å². The van der Waals surface area contributed by atoms with Gasteiger partial charge in [0.2, 0.25) is 5.91 Å². The zero-order valence-corrected chi connectivity index (χ0v) is 11.1. The van der Waals surface area contributed by atoms with Crippen LogP contribution in [0.5, 0.6) is 0 Å². The maximum absolute atomic E-state index is 13.2. The van der Waals surface area contributed by atoms with Gasteiger partial charge in [-0.25, -0.2) is 4.98 Å². The van der Waals surface area contributed by atoms with E-state index in [2.05, 4.69) is 4.98 Å². The normalized spacial score (nSPS) is 12.0. The van der Waals surface area contributed by atoms with Crippen LogP contribution in [0.15, 0.2) is 41.5 Å². The van der Waals surface area contributed by atoms with Crippen LogP contribution in [0.4, 0.5) is 13.2 Å². The number of carbonyl (C=O) groups is 1. The van der Waals surface area contributed by atoms with Gasteiger partial charge < -0.3 is 14.6 Å². The monoisotopic (exact) mass is 309 g/mol. The molecule has 3 heterocycles. The molecule has 0 aromatic carbocycles. The maximum Gasteiger partial charge on any atom is 0.420 e. The molecule has 1 amide bonds. The molecule has 2 N–H and O–H groups in total. The summed E-state index contributed by atoms with van der Waals surface area (Å²) in [6.07, 6.45) is 0.782. The number of primary amides is 1. The highest BCUT2D eigenvalue weighted by Gasteiger charge is 2.34. The number of pyridine rings is 1. The van der Waals surface area contributed by atoms with E-state index in [9.17, 15) is 18.0 Å². The minimum Gasteiger partial charge on any atom is -0.472 e. The third kappa shape index (κ3) is 2.54. The molecule has 0 aliphatic carbocycles. The average molecular weight is 309 g/mol. The lowest BCUT2D eigenvalue weighted by Crippen LogP contribution is -2.13. The van der Waals surface area contributed by atoms with E-state index in [0.717, 1.165) is 6.07 Å². The summed E-state index contributed by atoms with van der Waals surface area (Å²) in [6, 6.07) is 2.56. The Bertz CT molecular complexity index is 835. The number of hydrogen-bond donors (Lipinski definition) is 1. The van der Waals surface area contributed by atoms with Crippen molar-refractivity contribution in [1.82, 2.24) is 9.38 Å². The van der Waals surface area contributed by atoms with Gasteiger partial charge in [0.1, 0.15) is 5.65 Å². The highest BCUT2D eigenvalue weighted by molar-refractivity contribution is 5.76. The summed E-state index contributed by atoms with van der Waals surface area (Å²) in [4.78, 5) is 14.8. The molecule has 3 rings (SSSR count). The lowest BCUT2D eigenvalue weighted by molar-refractivity contribution is -0.136. The third-order valence-electron chi connectivity index (χ3n) is 3.12. The molecule has 3 aromatic heterocycles. The number of fused-ring (bicyclic) bond motifs is 1. The first-order valence-corrected chi connectivity index (χ1v) is 6.24. The van der Waals surface area contributed by atoms with E-state index in [4.69, 9.17) is 10.2 Å². The summed E-state index contributed by atoms with van der Waals surface area (Å²) < 4.78 is 45.9. The van der Waals surface area contributed by atoms with Gasteiger partial charge in [-0.1, -0.05) is 0 Å². The Morgan fingerprint density at radius 1 is 1.32 bits per heavy atom. The highest BCUT2D eigenvalue weighted by Crippen LogP contribution is 2.35. The van der Waals surface area contributed by atoms with E-state index >= 15 is 0 Å². The molecule has 22 heavy (non-hydrogen) atoms. The lowest BCUT2D eigenvalue weighted by Gasteiger charge is -2.10. The van der Waals surface area contributed by atoms with Crippen LogP contribution in [0.1, 0.15) is 11.3 Å². The number of hydrogen-bond acceptors (Lipinski definition) is 3. The molecule has 5 nitrogen and oxygen atoms in total. The predicted octanol–water partition coefficient (Wildman–Crippen LogP) is 2.64. The second-order valence-electron chi connectivity index (χ2n) is 4.76. The van der Waals surface area contributed by atoms with Crippen LogP contribution in [-0.2, 0) is 17.4 Å². The number of carbonyl (C=O) groups excluding carboxylic acids is 1. The molecule has 0 aliphatic heterocycles. The Kier molecular flexibility index (Phi) is 3.16. The van der Waals surface area contributed by atoms with Crippen molar-refractivity contribution in [2.24, 2.45) is 5.73 Å². The second kappa shape index (κ2) is 4.90. The quantitative estimate of drug-likeness (QED) is 0.808. The van der Waals surface area contributed by atoms with Gasteiger partial charge in [-0.2, -0.15) is 13.2 Å². The number of nitrogens with two attached hydrogens (primary N) is 1. The topological polar surface area (TPSA) is 73.5 Å². The van der Waals surface area contributed by atoms with E-state index in [-0.39, 0.29) is 17.8 Å². The lowest BCUT2D eigenvalue weighted by atomic mass is 10.1. The third-order valence-corrected chi connectivity index (χ3v) is 3.12. The van der Waals surface area contributed by atoms with Crippen LogP contribution in [-0.4, -0.2) is 15.3 Å². The zero-order chi connectivity index (χ0) is 15.9. The molecule has 0 saturated heterocycles. The van der Waals surface area contributed by atoms with Crippen molar-refractivity contribution in [3.63, 3.8) is 0 Å². The van der Waals surface area contributed by atoms with Crippen LogP contribution >= 0.6 is 0 Å². The fraction of sp³-hybridized carbons (Fsp3) is 0.143. The summed E-state index contributed by atoms with van der Waals surface area (Å²) >= 11 is 0. The number of amides is 1. The number of imidazole rings is 1. The van der Waals surface area contributed by atoms with Gasteiger partial charge in [-0.05, 0) is 12.1 Å². The Labute approximate surface area is 122 Å². The molecule has 0 aliphatic rings. The van der Waals surface area contributed by atoms with Gasteiger partial charge in [0.15, 0.2) is 0 Å². The van der Waals surface area contributed by atoms with E-state index in [0.29, 0.717) is 11.1 Å². The Morgan fingerprint density at radius 3 is 2.68 bits per heavy atom. The highest BCUT2D eigenvalue weighted by atomic mass is 19.4. The second-order valence-corrected chi connectivity index (χ2v) is 4.76. The molecule has 0 atom stereocenters. The van der Waals surface area contributed by atoms with Gasteiger partial charge >= 0.3 is 6.18 Å². The van der Waals surface area contributed by atoms with E-state index < -0.39 is 17.6 Å². The standard InChI is InChI=1S/C14H10F3N3O2/c15-14(16,17)11-3-9(8-1-2-22-7-8)5-20-6-10(4-12(18)21)19-13(11)20/h1-3,5-7H,4H2,(H2,18,21). The fourth-order valence-corrected chi connectivity index (χ4v) is 2.21. The summed E-state index contributed by atoms with van der Waals surface area (Å²) in [5.74, 6) is -0.660. The van der Waals surface area contributed by atoms with Crippen LogP contribution in [0.2, 0.25) is 0 Å². The van der Waals surface area contributed by atoms with Crippen LogP contribution in [0.3, 0.4) is 0 Å². The minimum absolute atomic E-state index is 0.183. The van der Waals surface area contributed by atoms with Gasteiger partial charge in [0.25, 0.3) is 0 Å². The van der Waals surface area contributed by atoms with Gasteiger partial charge in [-0.15, -0.1) is 0 Å². The van der Waals surface area contributed by atoms with Crippen molar-refractivity contribution in [2.75, 3.05) is 0 Å². The summed E-state index contributed by atoms with van der Waals surface area (Å²) in [5.41, 5.74) is 4.92. The maximum atomic E-state index is 13.2. The van der Waals surface area contributed by atoms with Gasteiger partial charge in [-0.3, -0.25) is 4.79 Å². The average Bonchev–Trinajstić information content (AvgIpc) is 3.03. The molecular weight excluding hydrogens is 299 g/mol. The van der Waals surface area contributed by atoms with E-state index in [1.165, 1.54) is 29.3 Å². The first-order chi connectivity index (χ1) is 10.3. The molecule has 0 radical (unpaired) electrons. The number of nitrogens with zero attached hydrogens (tertiary/aromatic N) is 2. The molecule has 0 bridgehead atoms. The van der Waals surface area contributed by atoms with E-state index in [1.54, 1.807) is 6.07 Å². The molecule has 8 heteroatoms. The number of halogens is 3. The Hall–Kier alpha value is -2.77. The smallest absolute Gasteiger partial charge is 0.420 e. The molecule has 0 saturated carbocycles. The number of furan rings is 1. The summed E-state index contributed by atoms with van der Waals surface area (Å²) in [6.45, 7) is 0. The van der Waals surface area contributed by atoms with Crippen LogP contribution in [0, 0.1) is 0 Å². The Morgan fingerprint density at radius 2 is 2.09 bits per heavy atom. The molecule has 0 spiro atoms. The van der Waals surface area contributed by atoms with Crippen molar-refractivity contribution < 1.29 is 22.4 Å². The largest absolute Gasteiger partial charge is 0.472 e. The number of aromatic nitrogens is 2. The Balaban J connectivity index is 2.23. The molecule has 3 aromatic rings. The van der Waals surface area contributed by atoms with Crippen molar-refractivity contribution in [1.29, 1.82) is 0 Å². The van der Waals surface area contributed by atoms with Gasteiger partial charge in [0.05, 0.1) is 30.2 Å². The molecule has 114 valence electrons. The number of rotatable bonds is 3. The minimum atomic E-state index is -4.57. The van der Waals surface area contributed by atoms with Crippen molar-refractivity contribution in [3.05, 3.63) is 48.3 Å².